The number of carbonyl (C=O) groups is 3. The van der Waals surface area contributed by atoms with Gasteiger partial charge < -0.3 is 15.4 Å². The van der Waals surface area contributed by atoms with Crippen LogP contribution in [0.5, 0.6) is 0 Å². The van der Waals surface area contributed by atoms with Crippen LogP contribution >= 0.6 is 0 Å². The van der Waals surface area contributed by atoms with E-state index in [0.717, 1.165) is 4.31 Å². The largest absolute Gasteiger partial charge is 0.454 e. The molecule has 2 aromatic rings. The molecule has 9 nitrogen and oxygen atoms in total. The Labute approximate surface area is 168 Å². The van der Waals surface area contributed by atoms with Crippen molar-refractivity contribution in [1.29, 1.82) is 0 Å². The number of hydrogen-bond donors (Lipinski definition) is 2. The summed E-state index contributed by atoms with van der Waals surface area (Å²) in [7, 11) is -0.844. The van der Waals surface area contributed by atoms with Gasteiger partial charge in [0.25, 0.3) is 11.8 Å². The van der Waals surface area contributed by atoms with E-state index in [1.807, 2.05) is 0 Å². The zero-order valence-electron chi connectivity index (χ0n) is 15.9. The van der Waals surface area contributed by atoms with Gasteiger partial charge in [0, 0.05) is 25.3 Å². The molecule has 10 heteroatoms. The predicted molar refractivity (Wildman–Crippen MR) is 106 cm³/mol. The highest BCUT2D eigenvalue weighted by molar-refractivity contribution is 7.89. The molecule has 0 unspecified atom stereocenters. The Kier molecular flexibility index (Phi) is 7.46. The van der Waals surface area contributed by atoms with Crippen molar-refractivity contribution in [3.05, 3.63) is 60.2 Å². The lowest BCUT2D eigenvalue weighted by molar-refractivity contribution is -0.146. The van der Waals surface area contributed by atoms with Crippen LogP contribution in [0.1, 0.15) is 10.4 Å². The summed E-state index contributed by atoms with van der Waals surface area (Å²) in [6.07, 6.45) is 0. The van der Waals surface area contributed by atoms with Gasteiger partial charge in [-0.2, -0.15) is 0 Å². The van der Waals surface area contributed by atoms with Gasteiger partial charge in [-0.1, -0.05) is 24.3 Å². The summed E-state index contributed by atoms with van der Waals surface area (Å²) in [4.78, 5) is 35.5. The van der Waals surface area contributed by atoms with Gasteiger partial charge >= 0.3 is 5.97 Å². The first-order valence-electron chi connectivity index (χ1n) is 8.51. The molecule has 154 valence electrons. The molecule has 0 atom stereocenters. The van der Waals surface area contributed by atoms with E-state index in [1.165, 1.54) is 38.4 Å². The molecule has 2 amide bonds. The van der Waals surface area contributed by atoms with Gasteiger partial charge in [0.2, 0.25) is 10.0 Å². The maximum Gasteiger partial charge on any atom is 0.325 e. The summed E-state index contributed by atoms with van der Waals surface area (Å²) in [6.45, 7) is -0.970. The van der Waals surface area contributed by atoms with Crippen molar-refractivity contribution in [2.75, 3.05) is 32.6 Å². The van der Waals surface area contributed by atoms with E-state index in [1.54, 1.807) is 30.3 Å². The Morgan fingerprint density at radius 3 is 2.34 bits per heavy atom. The molecular weight excluding hydrogens is 398 g/mol. The van der Waals surface area contributed by atoms with Crippen molar-refractivity contribution < 1.29 is 27.5 Å². The molecular formula is C19H21N3O6S. The lowest BCUT2D eigenvalue weighted by Crippen LogP contribution is -2.32. The number of amides is 2. The highest BCUT2D eigenvalue weighted by atomic mass is 32.2. The molecule has 2 aromatic carbocycles. The number of nitrogens with one attached hydrogen (secondary N) is 2. The molecule has 2 rings (SSSR count). The van der Waals surface area contributed by atoms with Crippen LogP contribution in [0.4, 0.5) is 5.69 Å². The van der Waals surface area contributed by atoms with Crippen LogP contribution in [0.3, 0.4) is 0 Å². The van der Waals surface area contributed by atoms with Crippen LogP contribution in [0.2, 0.25) is 0 Å². The second kappa shape index (κ2) is 9.80. The molecule has 0 fully saturated rings. The summed E-state index contributed by atoms with van der Waals surface area (Å²) in [6, 6.07) is 14.0. The number of sulfonamides is 1. The van der Waals surface area contributed by atoms with Crippen molar-refractivity contribution in [2.45, 2.75) is 4.90 Å². The molecule has 0 bridgehead atoms. The SMILES string of the molecule is CN(C)S(=O)(=O)c1cccc(NC(=O)COC(=O)CNC(=O)c2ccccc2)c1. The van der Waals surface area contributed by atoms with Gasteiger partial charge in [-0.25, -0.2) is 12.7 Å². The van der Waals surface area contributed by atoms with Crippen molar-refractivity contribution in [2.24, 2.45) is 0 Å². The Morgan fingerprint density at radius 2 is 1.69 bits per heavy atom. The van der Waals surface area contributed by atoms with Crippen LogP contribution < -0.4 is 10.6 Å². The molecule has 0 aliphatic carbocycles. The third-order valence-electron chi connectivity index (χ3n) is 3.69. The zero-order valence-corrected chi connectivity index (χ0v) is 16.7. The fourth-order valence-electron chi connectivity index (χ4n) is 2.18. The first-order valence-corrected chi connectivity index (χ1v) is 9.95. The van der Waals surface area contributed by atoms with Crippen molar-refractivity contribution >= 4 is 33.5 Å². The summed E-state index contributed by atoms with van der Waals surface area (Å²) in [5, 5.41) is 4.84. The molecule has 0 heterocycles. The van der Waals surface area contributed by atoms with E-state index >= 15 is 0 Å². The summed E-state index contributed by atoms with van der Waals surface area (Å²) in [5.74, 6) is -1.87. The normalized spacial score (nSPS) is 11.0. The van der Waals surface area contributed by atoms with Crippen LogP contribution in [0, 0.1) is 0 Å². The Balaban J connectivity index is 1.82. The van der Waals surface area contributed by atoms with Gasteiger partial charge in [-0.05, 0) is 30.3 Å². The highest BCUT2D eigenvalue weighted by Gasteiger charge is 2.18. The molecule has 0 radical (unpaired) electrons. The standard InChI is InChI=1S/C19H21N3O6S/c1-22(2)29(26,27)16-10-6-9-15(11-16)21-17(23)13-28-18(24)12-20-19(25)14-7-4-3-5-8-14/h3-11H,12-13H2,1-2H3,(H,20,25)(H,21,23). The molecule has 0 saturated carbocycles. The van der Waals surface area contributed by atoms with E-state index in [0.29, 0.717) is 5.56 Å². The quantitative estimate of drug-likeness (QED) is 0.612. The smallest absolute Gasteiger partial charge is 0.325 e. The van der Waals surface area contributed by atoms with Crippen molar-refractivity contribution in [3.63, 3.8) is 0 Å². The van der Waals surface area contributed by atoms with E-state index in [2.05, 4.69) is 10.6 Å². The number of esters is 1. The third-order valence-corrected chi connectivity index (χ3v) is 5.50. The molecule has 0 spiro atoms. The van der Waals surface area contributed by atoms with E-state index in [9.17, 15) is 22.8 Å². The molecule has 0 saturated heterocycles. The first-order chi connectivity index (χ1) is 13.7. The molecule has 0 aromatic heterocycles. The van der Waals surface area contributed by atoms with E-state index < -0.39 is 41.0 Å². The average molecular weight is 419 g/mol. The van der Waals surface area contributed by atoms with Crippen LogP contribution in [0.25, 0.3) is 0 Å². The fraction of sp³-hybridized carbons (Fsp3) is 0.211. The lowest BCUT2D eigenvalue weighted by Gasteiger charge is -2.12. The van der Waals surface area contributed by atoms with Crippen LogP contribution in [-0.4, -0.2) is 57.8 Å². The van der Waals surface area contributed by atoms with Gasteiger partial charge in [-0.15, -0.1) is 0 Å². The van der Waals surface area contributed by atoms with Crippen LogP contribution in [-0.2, 0) is 24.3 Å². The van der Waals surface area contributed by atoms with Gasteiger partial charge in [-0.3, -0.25) is 14.4 Å². The Hall–Kier alpha value is -3.24. The molecule has 29 heavy (non-hydrogen) atoms. The third kappa shape index (κ3) is 6.40. The predicted octanol–water partition coefficient (Wildman–Crippen LogP) is 0.849. The van der Waals surface area contributed by atoms with Crippen molar-refractivity contribution in [1.82, 2.24) is 9.62 Å². The lowest BCUT2D eigenvalue weighted by atomic mass is 10.2. The first kappa shape index (κ1) is 22.1. The second-order valence-electron chi connectivity index (χ2n) is 6.07. The molecule has 0 aliphatic rings. The monoisotopic (exact) mass is 419 g/mol. The average Bonchev–Trinajstić information content (AvgIpc) is 2.71. The number of ether oxygens (including phenoxy) is 1. The second-order valence-corrected chi connectivity index (χ2v) is 8.22. The number of anilines is 1. The van der Waals surface area contributed by atoms with Gasteiger partial charge in [0.1, 0.15) is 6.54 Å². The molecule has 2 N–H and O–H groups in total. The van der Waals surface area contributed by atoms with E-state index in [4.69, 9.17) is 4.74 Å². The maximum absolute atomic E-state index is 12.1. The number of benzene rings is 2. The minimum Gasteiger partial charge on any atom is -0.454 e. The minimum atomic E-state index is -3.64. The van der Waals surface area contributed by atoms with Gasteiger partial charge in [0.15, 0.2) is 6.61 Å². The fourth-order valence-corrected chi connectivity index (χ4v) is 3.13. The zero-order chi connectivity index (χ0) is 21.4. The Morgan fingerprint density at radius 1 is 1.00 bits per heavy atom. The Bertz CT molecular complexity index is 990. The number of rotatable bonds is 8. The van der Waals surface area contributed by atoms with E-state index in [-0.39, 0.29) is 10.6 Å². The minimum absolute atomic E-state index is 0.0147. The van der Waals surface area contributed by atoms with Crippen LogP contribution in [0.15, 0.2) is 59.5 Å². The highest BCUT2D eigenvalue weighted by Crippen LogP contribution is 2.17. The molecule has 0 aliphatic heterocycles. The number of carbonyl (C=O) groups excluding carboxylic acids is 3. The van der Waals surface area contributed by atoms with Crippen molar-refractivity contribution in [3.8, 4) is 0 Å². The summed E-state index contributed by atoms with van der Waals surface area (Å²) >= 11 is 0. The maximum atomic E-state index is 12.1. The van der Waals surface area contributed by atoms with Gasteiger partial charge in [0.05, 0.1) is 4.90 Å². The summed E-state index contributed by atoms with van der Waals surface area (Å²) in [5.41, 5.74) is 0.636. The number of nitrogens with zero attached hydrogens (tertiary/aromatic N) is 1. The summed E-state index contributed by atoms with van der Waals surface area (Å²) < 4.78 is 30.1. The number of hydrogen-bond acceptors (Lipinski definition) is 6. The topological polar surface area (TPSA) is 122 Å².